The van der Waals surface area contributed by atoms with Gasteiger partial charge in [-0.25, -0.2) is 5.43 Å². The first-order valence-corrected chi connectivity index (χ1v) is 7.95. The van der Waals surface area contributed by atoms with Gasteiger partial charge in [0.15, 0.2) is 0 Å². The minimum atomic E-state index is -4.55. The van der Waals surface area contributed by atoms with Gasteiger partial charge in [0.2, 0.25) is 0 Å². The van der Waals surface area contributed by atoms with Gasteiger partial charge in [-0.1, -0.05) is 17.7 Å². The number of carbonyl (C=O) groups is 2. The van der Waals surface area contributed by atoms with Crippen molar-refractivity contribution in [1.82, 2.24) is 5.43 Å². The third kappa shape index (κ3) is 5.30. The number of alkyl halides is 3. The standard InChI is InChI=1S/C15H11ClF3N3O2S/c1-8(11-5-6-12(16)25-11)21-22-14(24)13(23)20-10-4-2-3-9(7-10)15(17,18)19/h2-7H,1H3,(H,20,23)(H,22,24)/b21-8+. The van der Waals surface area contributed by atoms with Crippen molar-refractivity contribution in [2.24, 2.45) is 5.10 Å². The highest BCUT2D eigenvalue weighted by Crippen LogP contribution is 2.30. The Morgan fingerprint density at radius 1 is 1.16 bits per heavy atom. The number of anilines is 1. The van der Waals surface area contributed by atoms with Crippen LogP contribution in [0, 0.1) is 0 Å². The Morgan fingerprint density at radius 3 is 2.48 bits per heavy atom. The molecule has 2 aromatic rings. The number of nitrogens with zero attached hydrogens (tertiary/aromatic N) is 1. The average Bonchev–Trinajstić information content (AvgIpc) is 2.98. The Labute approximate surface area is 149 Å². The minimum Gasteiger partial charge on any atom is -0.318 e. The molecule has 25 heavy (non-hydrogen) atoms. The first kappa shape index (κ1) is 18.9. The van der Waals surface area contributed by atoms with E-state index in [1.807, 2.05) is 5.43 Å². The van der Waals surface area contributed by atoms with Gasteiger partial charge >= 0.3 is 18.0 Å². The van der Waals surface area contributed by atoms with Crippen molar-refractivity contribution in [2.45, 2.75) is 13.1 Å². The summed E-state index contributed by atoms with van der Waals surface area (Å²) in [7, 11) is 0. The number of nitrogens with one attached hydrogen (secondary N) is 2. The maximum Gasteiger partial charge on any atom is 0.416 e. The zero-order valence-electron chi connectivity index (χ0n) is 12.6. The van der Waals surface area contributed by atoms with Gasteiger partial charge in [0.25, 0.3) is 0 Å². The fourth-order valence-electron chi connectivity index (χ4n) is 1.71. The zero-order valence-corrected chi connectivity index (χ0v) is 14.2. The molecule has 1 heterocycles. The van der Waals surface area contributed by atoms with Gasteiger partial charge in [-0.05, 0) is 37.3 Å². The molecule has 0 aliphatic carbocycles. The van der Waals surface area contributed by atoms with E-state index in [9.17, 15) is 22.8 Å². The molecule has 0 aliphatic heterocycles. The quantitative estimate of drug-likeness (QED) is 0.475. The molecule has 1 aromatic carbocycles. The summed E-state index contributed by atoms with van der Waals surface area (Å²) in [6.07, 6.45) is -4.55. The second-order valence-corrected chi connectivity index (χ2v) is 6.49. The topological polar surface area (TPSA) is 70.6 Å². The van der Waals surface area contributed by atoms with Crippen LogP contribution in [0.25, 0.3) is 0 Å². The number of hydrazone groups is 1. The molecule has 0 atom stereocenters. The Hall–Kier alpha value is -2.39. The largest absolute Gasteiger partial charge is 0.416 e. The Morgan fingerprint density at radius 2 is 1.88 bits per heavy atom. The number of thiophene rings is 1. The predicted molar refractivity (Wildman–Crippen MR) is 89.8 cm³/mol. The maximum absolute atomic E-state index is 12.6. The van der Waals surface area contributed by atoms with E-state index in [0.717, 1.165) is 18.2 Å². The summed E-state index contributed by atoms with van der Waals surface area (Å²) in [4.78, 5) is 24.1. The van der Waals surface area contributed by atoms with Gasteiger partial charge in [-0.2, -0.15) is 18.3 Å². The van der Waals surface area contributed by atoms with Crippen molar-refractivity contribution in [2.75, 3.05) is 5.32 Å². The lowest BCUT2D eigenvalue weighted by Crippen LogP contribution is -2.33. The van der Waals surface area contributed by atoms with Gasteiger partial charge in [0.05, 0.1) is 20.5 Å². The van der Waals surface area contributed by atoms with E-state index >= 15 is 0 Å². The van der Waals surface area contributed by atoms with Crippen LogP contribution in [-0.2, 0) is 15.8 Å². The fraction of sp³-hybridized carbons (Fsp3) is 0.133. The molecule has 10 heteroatoms. The molecular formula is C15H11ClF3N3O2S. The summed E-state index contributed by atoms with van der Waals surface area (Å²) in [5.41, 5.74) is 1.37. The Balaban J connectivity index is 2.00. The summed E-state index contributed by atoms with van der Waals surface area (Å²) < 4.78 is 38.4. The fourth-order valence-corrected chi connectivity index (χ4v) is 2.70. The second kappa shape index (κ2) is 7.66. The van der Waals surface area contributed by atoms with Gasteiger partial charge < -0.3 is 5.32 Å². The molecule has 0 spiro atoms. The van der Waals surface area contributed by atoms with Crippen LogP contribution in [0.1, 0.15) is 17.4 Å². The van der Waals surface area contributed by atoms with E-state index in [1.165, 1.54) is 17.4 Å². The van der Waals surface area contributed by atoms with E-state index in [1.54, 1.807) is 19.1 Å². The number of rotatable bonds is 3. The van der Waals surface area contributed by atoms with Crippen LogP contribution in [0.2, 0.25) is 4.34 Å². The number of hydrogen-bond donors (Lipinski definition) is 2. The van der Waals surface area contributed by atoms with E-state index < -0.39 is 23.6 Å². The van der Waals surface area contributed by atoms with Crippen LogP contribution < -0.4 is 10.7 Å². The SMILES string of the molecule is C/C(=N\NC(=O)C(=O)Nc1cccc(C(F)(F)F)c1)c1ccc(Cl)s1. The van der Waals surface area contributed by atoms with Crippen molar-refractivity contribution >= 4 is 46.2 Å². The lowest BCUT2D eigenvalue weighted by atomic mass is 10.2. The van der Waals surface area contributed by atoms with Crippen molar-refractivity contribution in [1.29, 1.82) is 0 Å². The first-order valence-electron chi connectivity index (χ1n) is 6.75. The summed E-state index contributed by atoms with van der Waals surface area (Å²) >= 11 is 7.02. The first-order chi connectivity index (χ1) is 11.7. The van der Waals surface area contributed by atoms with Gasteiger partial charge in [0.1, 0.15) is 0 Å². The van der Waals surface area contributed by atoms with Crippen LogP contribution >= 0.6 is 22.9 Å². The van der Waals surface area contributed by atoms with Gasteiger partial charge in [-0.15, -0.1) is 11.3 Å². The molecule has 0 unspecified atom stereocenters. The Bertz CT molecular complexity index is 833. The molecule has 5 nitrogen and oxygen atoms in total. The number of hydrogen-bond acceptors (Lipinski definition) is 4. The van der Waals surface area contributed by atoms with Crippen molar-refractivity contribution in [3.63, 3.8) is 0 Å². The summed E-state index contributed by atoms with van der Waals surface area (Å²) in [6.45, 7) is 1.60. The molecule has 0 aliphatic rings. The predicted octanol–water partition coefficient (Wildman–Crippen LogP) is 3.90. The molecule has 0 saturated carbocycles. The number of halogens is 4. The average molecular weight is 390 g/mol. The molecular weight excluding hydrogens is 379 g/mol. The molecule has 2 N–H and O–H groups in total. The Kier molecular flexibility index (Phi) is 5.81. The summed E-state index contributed by atoms with van der Waals surface area (Å²) in [5.74, 6) is -2.25. The van der Waals surface area contributed by atoms with Gasteiger partial charge in [0, 0.05) is 5.69 Å². The highest BCUT2D eigenvalue weighted by Gasteiger charge is 2.30. The van der Waals surface area contributed by atoms with Crippen LogP contribution in [0.15, 0.2) is 41.5 Å². The number of benzene rings is 1. The third-order valence-electron chi connectivity index (χ3n) is 2.91. The van der Waals surface area contributed by atoms with Crippen molar-refractivity contribution in [3.8, 4) is 0 Å². The number of carbonyl (C=O) groups excluding carboxylic acids is 2. The second-order valence-electron chi connectivity index (χ2n) is 4.77. The molecule has 0 bridgehead atoms. The molecule has 2 rings (SSSR count). The summed E-state index contributed by atoms with van der Waals surface area (Å²) in [5, 5.41) is 5.84. The third-order valence-corrected chi connectivity index (χ3v) is 4.25. The lowest BCUT2D eigenvalue weighted by Gasteiger charge is -2.09. The van der Waals surface area contributed by atoms with Gasteiger partial charge in [-0.3, -0.25) is 9.59 Å². The lowest BCUT2D eigenvalue weighted by molar-refractivity contribution is -0.137. The van der Waals surface area contributed by atoms with Crippen molar-refractivity contribution < 1.29 is 22.8 Å². The smallest absolute Gasteiger partial charge is 0.318 e. The molecule has 2 amide bonds. The summed E-state index contributed by atoms with van der Waals surface area (Å²) in [6, 6.07) is 7.30. The molecule has 0 fully saturated rings. The van der Waals surface area contributed by atoms with Crippen LogP contribution in [0.5, 0.6) is 0 Å². The highest BCUT2D eigenvalue weighted by atomic mass is 35.5. The zero-order chi connectivity index (χ0) is 18.6. The molecule has 0 radical (unpaired) electrons. The highest BCUT2D eigenvalue weighted by molar-refractivity contribution is 7.18. The number of amides is 2. The monoisotopic (exact) mass is 389 g/mol. The normalized spacial score (nSPS) is 12.0. The van der Waals surface area contributed by atoms with Crippen LogP contribution in [-0.4, -0.2) is 17.5 Å². The van der Waals surface area contributed by atoms with E-state index in [4.69, 9.17) is 11.6 Å². The van der Waals surface area contributed by atoms with Crippen molar-refractivity contribution in [3.05, 3.63) is 51.2 Å². The van der Waals surface area contributed by atoms with E-state index in [2.05, 4.69) is 10.4 Å². The van der Waals surface area contributed by atoms with E-state index in [0.29, 0.717) is 14.9 Å². The van der Waals surface area contributed by atoms with E-state index in [-0.39, 0.29) is 5.69 Å². The minimum absolute atomic E-state index is 0.152. The molecule has 0 saturated heterocycles. The van der Waals surface area contributed by atoms with Crippen LogP contribution in [0.3, 0.4) is 0 Å². The molecule has 1 aromatic heterocycles. The van der Waals surface area contributed by atoms with Crippen LogP contribution in [0.4, 0.5) is 18.9 Å². The maximum atomic E-state index is 12.6. The molecule has 132 valence electrons.